The minimum Gasteiger partial charge on any atom is -0.394 e. The van der Waals surface area contributed by atoms with Crippen LogP contribution in [0.25, 0.3) is 0 Å². The average Bonchev–Trinajstić information content (AvgIpc) is 2.69. The summed E-state index contributed by atoms with van der Waals surface area (Å²) in [6.45, 7) is -0.575. The Bertz CT molecular complexity index is 971. The van der Waals surface area contributed by atoms with E-state index in [4.69, 9.17) is 16.3 Å². The van der Waals surface area contributed by atoms with Crippen LogP contribution in [0.1, 0.15) is 33.9 Å². The van der Waals surface area contributed by atoms with Crippen molar-refractivity contribution in [1.29, 1.82) is 0 Å². The van der Waals surface area contributed by atoms with Gasteiger partial charge in [0.25, 0.3) is 0 Å². The van der Waals surface area contributed by atoms with Gasteiger partial charge in [0, 0.05) is 10.6 Å². The molecule has 0 bridgehead atoms. The van der Waals surface area contributed by atoms with E-state index < -0.39 is 42.9 Å². The van der Waals surface area contributed by atoms with E-state index in [1.54, 1.807) is 0 Å². The van der Waals surface area contributed by atoms with E-state index in [1.807, 2.05) is 6.07 Å². The monoisotopic (exact) mass is 432 g/mol. The van der Waals surface area contributed by atoms with Crippen LogP contribution in [0.5, 0.6) is 0 Å². The highest BCUT2D eigenvalue weighted by atomic mass is 35.5. The molecule has 0 aromatic heterocycles. The number of hydrogen-bond acceptors (Lipinski definition) is 5. The zero-order valence-corrected chi connectivity index (χ0v) is 17.6. The molecule has 2 aromatic rings. The molecular weight excluding hydrogens is 408 g/mol. The molecule has 0 spiro atoms. The normalized spacial score (nSPS) is 29.9. The van der Waals surface area contributed by atoms with E-state index in [-0.39, 0.29) is 15.8 Å². The maximum Gasteiger partial charge on any atom is 0.130 e. The fourth-order valence-corrected chi connectivity index (χ4v) is 4.74. The molecule has 1 aliphatic carbocycles. The molecule has 5 atom stereocenters. The molecule has 1 heterocycles. The molecule has 2 aliphatic rings. The lowest BCUT2D eigenvalue weighted by atomic mass is 9.42. The Kier molecular flexibility index (Phi) is 5.77. The molecule has 5 nitrogen and oxygen atoms in total. The van der Waals surface area contributed by atoms with Crippen molar-refractivity contribution >= 4 is 27.3 Å². The molecule has 1 fully saturated rings. The Hall–Kier alpha value is -1.41. The SMILES string of the molecule is BC1(B)Cc2ccc(Cc3cc([C@@H]4O[C@H](CO)[C@@H](O)[C@H](O)[C@H]4O)c(F)cc3Cl)cc21. The molecule has 0 saturated carbocycles. The quantitative estimate of drug-likeness (QED) is 0.492. The average molecular weight is 432 g/mol. The van der Waals surface area contributed by atoms with Crippen molar-refractivity contribution in [3.63, 3.8) is 0 Å². The van der Waals surface area contributed by atoms with Crippen molar-refractivity contribution in [3.05, 3.63) is 69.0 Å². The van der Waals surface area contributed by atoms with Crippen LogP contribution in [0, 0.1) is 5.82 Å². The van der Waals surface area contributed by atoms with Gasteiger partial charge in [-0.3, -0.25) is 0 Å². The molecule has 0 radical (unpaired) electrons. The molecule has 1 saturated heterocycles. The molecule has 4 rings (SSSR count). The zero-order chi connectivity index (χ0) is 21.8. The predicted molar refractivity (Wildman–Crippen MR) is 116 cm³/mol. The zero-order valence-electron chi connectivity index (χ0n) is 16.8. The highest BCUT2D eigenvalue weighted by Crippen LogP contribution is 2.38. The van der Waals surface area contributed by atoms with Crippen LogP contribution in [0.3, 0.4) is 0 Å². The smallest absolute Gasteiger partial charge is 0.130 e. The summed E-state index contributed by atoms with van der Waals surface area (Å²) in [5.41, 5.74) is 4.34. The minimum absolute atomic E-state index is 0.0237. The Morgan fingerprint density at radius 2 is 1.83 bits per heavy atom. The third-order valence-corrected chi connectivity index (χ3v) is 6.65. The second-order valence-electron chi connectivity index (χ2n) is 8.94. The number of ether oxygens (including phenoxy) is 1. The van der Waals surface area contributed by atoms with Crippen LogP contribution in [-0.2, 0) is 22.8 Å². The summed E-state index contributed by atoms with van der Waals surface area (Å²) in [6, 6.07) is 8.97. The van der Waals surface area contributed by atoms with Crippen molar-refractivity contribution in [2.24, 2.45) is 0 Å². The van der Waals surface area contributed by atoms with Crippen LogP contribution in [-0.4, -0.2) is 67.1 Å². The molecule has 9 heteroatoms. The van der Waals surface area contributed by atoms with E-state index in [9.17, 15) is 24.8 Å². The van der Waals surface area contributed by atoms with Crippen LogP contribution in [0.2, 0.25) is 5.02 Å². The Balaban J connectivity index is 1.66. The molecule has 0 amide bonds. The second-order valence-corrected chi connectivity index (χ2v) is 9.35. The summed E-state index contributed by atoms with van der Waals surface area (Å²) in [5.74, 6) is -0.689. The van der Waals surface area contributed by atoms with Crippen LogP contribution >= 0.6 is 11.6 Å². The number of aliphatic hydroxyl groups excluding tert-OH is 4. The Morgan fingerprint density at radius 1 is 1.10 bits per heavy atom. The number of aliphatic hydroxyl groups is 4. The molecular formula is C21H24B2ClFO5. The number of hydrogen-bond donors (Lipinski definition) is 4. The van der Waals surface area contributed by atoms with Gasteiger partial charge in [0.1, 0.15) is 52.0 Å². The first kappa shape index (κ1) is 21.8. The lowest BCUT2D eigenvalue weighted by Gasteiger charge is -2.40. The van der Waals surface area contributed by atoms with Crippen LogP contribution < -0.4 is 0 Å². The Morgan fingerprint density at radius 3 is 2.50 bits per heavy atom. The van der Waals surface area contributed by atoms with E-state index in [1.165, 1.54) is 23.3 Å². The topological polar surface area (TPSA) is 90.2 Å². The molecule has 0 unspecified atom stereocenters. The third-order valence-electron chi connectivity index (χ3n) is 6.29. The van der Waals surface area contributed by atoms with E-state index >= 15 is 0 Å². The fraction of sp³-hybridized carbons (Fsp3) is 0.429. The van der Waals surface area contributed by atoms with Crippen LogP contribution in [0.4, 0.5) is 4.39 Å². The summed E-state index contributed by atoms with van der Waals surface area (Å²) in [7, 11) is 4.39. The van der Waals surface area contributed by atoms with Gasteiger partial charge in [-0.05, 0) is 41.7 Å². The van der Waals surface area contributed by atoms with Gasteiger partial charge in [-0.25, -0.2) is 4.39 Å². The maximum absolute atomic E-state index is 14.7. The van der Waals surface area contributed by atoms with Gasteiger partial charge >= 0.3 is 0 Å². The highest BCUT2D eigenvalue weighted by molar-refractivity contribution is 6.41. The van der Waals surface area contributed by atoms with E-state index in [2.05, 4.69) is 27.8 Å². The lowest BCUT2D eigenvalue weighted by Crippen LogP contribution is -2.55. The van der Waals surface area contributed by atoms with Crippen molar-refractivity contribution < 1.29 is 29.6 Å². The first-order valence-corrected chi connectivity index (χ1v) is 10.4. The number of benzene rings is 2. The van der Waals surface area contributed by atoms with Gasteiger partial charge in [0.05, 0.1) is 6.61 Å². The van der Waals surface area contributed by atoms with Crippen molar-refractivity contribution in [3.8, 4) is 0 Å². The van der Waals surface area contributed by atoms with Gasteiger partial charge in [-0.1, -0.05) is 40.6 Å². The van der Waals surface area contributed by atoms with Gasteiger partial charge < -0.3 is 25.2 Å². The maximum atomic E-state index is 14.7. The first-order valence-electron chi connectivity index (χ1n) is 10.0. The molecule has 4 N–H and O–H groups in total. The van der Waals surface area contributed by atoms with Crippen LogP contribution in [0.15, 0.2) is 30.3 Å². The number of fused-ring (bicyclic) bond motifs is 1. The number of rotatable bonds is 4. The largest absolute Gasteiger partial charge is 0.394 e. The molecule has 1 aliphatic heterocycles. The van der Waals surface area contributed by atoms with Crippen molar-refractivity contribution in [2.45, 2.75) is 48.6 Å². The second kappa shape index (κ2) is 7.93. The summed E-state index contributed by atoms with van der Waals surface area (Å²) in [5, 5.41) is 40.2. The van der Waals surface area contributed by atoms with E-state index in [0.717, 1.165) is 12.0 Å². The highest BCUT2D eigenvalue weighted by Gasteiger charge is 2.45. The summed E-state index contributed by atoms with van der Waals surface area (Å²) < 4.78 is 20.2. The molecule has 158 valence electrons. The van der Waals surface area contributed by atoms with E-state index in [0.29, 0.717) is 12.0 Å². The van der Waals surface area contributed by atoms with Crippen molar-refractivity contribution in [2.75, 3.05) is 6.61 Å². The van der Waals surface area contributed by atoms with Gasteiger partial charge in [-0.15, -0.1) is 0 Å². The number of halogens is 2. The van der Waals surface area contributed by atoms with Gasteiger partial charge in [0.15, 0.2) is 0 Å². The summed E-state index contributed by atoms with van der Waals surface area (Å²) in [4.78, 5) is 0. The fourth-order valence-electron chi connectivity index (χ4n) is 4.53. The van der Waals surface area contributed by atoms with Gasteiger partial charge in [0.2, 0.25) is 0 Å². The molecule has 2 aromatic carbocycles. The van der Waals surface area contributed by atoms with Gasteiger partial charge in [-0.2, -0.15) is 0 Å². The minimum atomic E-state index is -1.57. The predicted octanol–water partition coefficient (Wildman–Crippen LogP) is -0.440. The summed E-state index contributed by atoms with van der Waals surface area (Å²) >= 11 is 6.30. The van der Waals surface area contributed by atoms with Crippen molar-refractivity contribution in [1.82, 2.24) is 0 Å². The lowest BCUT2D eigenvalue weighted by molar-refractivity contribution is -0.232. The Labute approximate surface area is 181 Å². The summed E-state index contributed by atoms with van der Waals surface area (Å²) in [6.07, 6.45) is -5.47. The third kappa shape index (κ3) is 3.70. The first-order chi connectivity index (χ1) is 14.1. The standard InChI is InChI=1S/C21H24B2ClFO5/c22-21(23)7-10-2-1-9(4-13(10)21)3-11-5-12(15(25)6-14(11)24)20-19(29)18(28)17(27)16(8-26)30-20/h1-2,4-6,16-20,26-29H,3,7-8,22-23H2/t16-,17-,18+,19-,20+/m1/s1. The molecule has 30 heavy (non-hydrogen) atoms.